The summed E-state index contributed by atoms with van der Waals surface area (Å²) in [6.45, 7) is 15.3. The Hall–Kier alpha value is -4.70. The number of carbonyl (C=O) groups is 2. The molecule has 0 spiro atoms. The molecule has 2 heterocycles. The number of allylic oxidation sites excluding steroid dienone is 2. The number of Topliss-reactive ketones (excluding diaryl/α,β-unsaturated/α-hetero) is 2. The fourth-order valence-electron chi connectivity index (χ4n) is 8.00. The monoisotopic (exact) mass is 624 g/mol. The normalized spacial score (nSPS) is 19.8. The van der Waals surface area contributed by atoms with Crippen LogP contribution in [0.5, 0.6) is 0 Å². The molecule has 2 aliphatic rings. The van der Waals surface area contributed by atoms with E-state index in [0.717, 1.165) is 44.5 Å². The summed E-state index contributed by atoms with van der Waals surface area (Å²) in [4.78, 5) is 27.4. The van der Waals surface area contributed by atoms with Gasteiger partial charge in [-0.2, -0.15) is 0 Å². The molecule has 4 aromatic carbocycles. The van der Waals surface area contributed by atoms with E-state index in [1.165, 1.54) is 0 Å². The molecule has 240 valence electrons. The van der Waals surface area contributed by atoms with Gasteiger partial charge in [-0.1, -0.05) is 119 Å². The van der Waals surface area contributed by atoms with E-state index in [1.807, 2.05) is 13.8 Å². The molecule has 0 saturated carbocycles. The summed E-state index contributed by atoms with van der Waals surface area (Å²) in [5.74, 6) is 0.319. The highest BCUT2D eigenvalue weighted by Crippen LogP contribution is 2.59. The first-order valence-corrected chi connectivity index (χ1v) is 16.5. The van der Waals surface area contributed by atoms with Crippen LogP contribution in [-0.4, -0.2) is 11.6 Å². The molecule has 47 heavy (non-hydrogen) atoms. The molecule has 0 fully saturated rings. The van der Waals surface area contributed by atoms with E-state index in [-0.39, 0.29) is 11.6 Å². The van der Waals surface area contributed by atoms with Crippen molar-refractivity contribution < 1.29 is 19.1 Å². The van der Waals surface area contributed by atoms with E-state index in [9.17, 15) is 9.59 Å². The highest BCUT2D eigenvalue weighted by Gasteiger charge is 2.59. The lowest BCUT2D eigenvalue weighted by Gasteiger charge is -2.42. The number of benzene rings is 4. The Morgan fingerprint density at radius 3 is 0.915 bits per heavy atom. The molecular formula is C43H44O4. The average molecular weight is 625 g/mol. The summed E-state index contributed by atoms with van der Waals surface area (Å²) >= 11 is 0. The van der Waals surface area contributed by atoms with Crippen LogP contribution in [0.15, 0.2) is 120 Å². The Bertz CT molecular complexity index is 1660. The van der Waals surface area contributed by atoms with Gasteiger partial charge in [0, 0.05) is 45.2 Å². The van der Waals surface area contributed by atoms with E-state index in [0.29, 0.717) is 29.1 Å². The second kappa shape index (κ2) is 12.2. The maximum absolute atomic E-state index is 13.7. The zero-order valence-corrected chi connectivity index (χ0v) is 28.7. The molecule has 0 aliphatic carbocycles. The van der Waals surface area contributed by atoms with E-state index in [1.54, 1.807) is 13.8 Å². The smallest absolute Gasteiger partial charge is 0.166 e. The lowest BCUT2D eigenvalue weighted by molar-refractivity contribution is -0.114. The summed E-state index contributed by atoms with van der Waals surface area (Å²) in [6, 6.07) is 33.7. The molecular weight excluding hydrogens is 580 g/mol. The zero-order chi connectivity index (χ0) is 33.7. The van der Waals surface area contributed by atoms with Gasteiger partial charge in [0.2, 0.25) is 0 Å². The molecule has 4 heteroatoms. The molecule has 6 rings (SSSR count). The minimum Gasteiger partial charge on any atom is -0.481 e. The fraction of sp³-hybridized carbons (Fsp3) is 0.302. The number of aryl methyl sites for hydroxylation is 4. The molecule has 2 unspecified atom stereocenters. The van der Waals surface area contributed by atoms with Gasteiger partial charge in [-0.05, 0) is 61.8 Å². The molecule has 4 nitrogen and oxygen atoms in total. The predicted octanol–water partition coefficient (Wildman–Crippen LogP) is 9.52. The molecule has 0 bridgehead atoms. The van der Waals surface area contributed by atoms with Crippen LogP contribution < -0.4 is 0 Å². The Balaban J connectivity index is 1.65. The molecule has 0 aromatic heterocycles. The number of ketones is 2. The standard InChI is InChI=1S/C43H44O4/c1-26-9-17-34(18-10-26)42(35-19-11-27(2)12-20-35)38(40(30(5)44)32(7)46-42)25-39-41(31(6)45)33(8)47-43(39,36-21-13-28(3)14-22-36)37-23-15-29(4)16-24-37/h9-24,38-39H,25H2,1-8H3. The average Bonchev–Trinajstić information content (AvgIpc) is 3.50. The zero-order valence-electron chi connectivity index (χ0n) is 28.7. The Morgan fingerprint density at radius 1 is 0.468 bits per heavy atom. The van der Waals surface area contributed by atoms with Gasteiger partial charge in [0.1, 0.15) is 11.5 Å². The highest BCUT2D eigenvalue weighted by molar-refractivity contribution is 5.96. The van der Waals surface area contributed by atoms with Crippen LogP contribution in [0.1, 0.15) is 78.6 Å². The Labute approximate surface area is 279 Å². The maximum Gasteiger partial charge on any atom is 0.166 e. The largest absolute Gasteiger partial charge is 0.481 e. The fourth-order valence-corrected chi connectivity index (χ4v) is 8.00. The third kappa shape index (κ3) is 5.34. The number of rotatable bonds is 8. The predicted molar refractivity (Wildman–Crippen MR) is 187 cm³/mol. The first-order chi connectivity index (χ1) is 22.4. The molecule has 0 saturated heterocycles. The number of hydrogen-bond acceptors (Lipinski definition) is 4. The summed E-state index contributed by atoms with van der Waals surface area (Å²) in [7, 11) is 0. The van der Waals surface area contributed by atoms with Gasteiger partial charge in [-0.25, -0.2) is 0 Å². The Kier molecular flexibility index (Phi) is 8.34. The van der Waals surface area contributed by atoms with Crippen LogP contribution in [0.4, 0.5) is 0 Å². The molecule has 0 N–H and O–H groups in total. The summed E-state index contributed by atoms with van der Waals surface area (Å²) in [5.41, 5.74) is 7.71. The Morgan fingerprint density at radius 2 is 0.702 bits per heavy atom. The first-order valence-electron chi connectivity index (χ1n) is 16.5. The summed E-state index contributed by atoms with van der Waals surface area (Å²) < 4.78 is 14.1. The van der Waals surface area contributed by atoms with Gasteiger partial charge in [0.15, 0.2) is 22.8 Å². The topological polar surface area (TPSA) is 52.6 Å². The van der Waals surface area contributed by atoms with Crippen LogP contribution in [0, 0.1) is 39.5 Å². The van der Waals surface area contributed by atoms with Gasteiger partial charge in [-0.3, -0.25) is 9.59 Å². The third-order valence-corrected chi connectivity index (χ3v) is 10.2. The van der Waals surface area contributed by atoms with E-state index in [2.05, 4.69) is 125 Å². The van der Waals surface area contributed by atoms with Crippen molar-refractivity contribution in [3.63, 3.8) is 0 Å². The van der Waals surface area contributed by atoms with E-state index >= 15 is 0 Å². The molecule has 0 radical (unpaired) electrons. The van der Waals surface area contributed by atoms with Gasteiger partial charge in [0.05, 0.1) is 0 Å². The van der Waals surface area contributed by atoms with Crippen LogP contribution in [0.25, 0.3) is 0 Å². The first kappa shape index (κ1) is 32.2. The van der Waals surface area contributed by atoms with E-state index < -0.39 is 23.0 Å². The molecule has 2 aliphatic heterocycles. The third-order valence-electron chi connectivity index (χ3n) is 10.2. The van der Waals surface area contributed by atoms with Crippen LogP contribution in [0.3, 0.4) is 0 Å². The number of hydrogen-bond donors (Lipinski definition) is 0. The van der Waals surface area contributed by atoms with Gasteiger partial charge in [0.25, 0.3) is 0 Å². The van der Waals surface area contributed by atoms with Crippen molar-refractivity contribution in [3.8, 4) is 0 Å². The summed E-state index contributed by atoms with van der Waals surface area (Å²) in [6.07, 6.45) is 0.433. The van der Waals surface area contributed by atoms with Crippen molar-refractivity contribution in [3.05, 3.63) is 164 Å². The second-order valence-electron chi connectivity index (χ2n) is 13.5. The number of ether oxygens (including phenoxy) is 2. The van der Waals surface area contributed by atoms with Gasteiger partial charge >= 0.3 is 0 Å². The minimum absolute atomic E-state index is 0.0335. The highest BCUT2D eigenvalue weighted by atomic mass is 16.5. The van der Waals surface area contributed by atoms with Gasteiger partial charge in [-0.15, -0.1) is 0 Å². The SMILES string of the molecule is CC(=O)C1=C(C)OC(c2ccc(C)cc2)(c2ccc(C)cc2)C1CC1C(C(C)=O)=C(C)OC1(c1ccc(C)cc1)c1ccc(C)cc1. The number of carbonyl (C=O) groups excluding carboxylic acids is 2. The van der Waals surface area contributed by atoms with Crippen molar-refractivity contribution in [1.82, 2.24) is 0 Å². The van der Waals surface area contributed by atoms with Crippen molar-refractivity contribution in [2.45, 2.75) is 73.0 Å². The van der Waals surface area contributed by atoms with Crippen molar-refractivity contribution in [2.24, 2.45) is 11.8 Å². The van der Waals surface area contributed by atoms with Crippen LogP contribution in [-0.2, 0) is 30.3 Å². The molecule has 4 aromatic rings. The quantitative estimate of drug-likeness (QED) is 0.196. The van der Waals surface area contributed by atoms with Crippen molar-refractivity contribution in [2.75, 3.05) is 0 Å². The van der Waals surface area contributed by atoms with Crippen molar-refractivity contribution in [1.29, 1.82) is 0 Å². The lowest BCUT2D eigenvalue weighted by atomic mass is 9.64. The maximum atomic E-state index is 13.7. The van der Waals surface area contributed by atoms with Crippen molar-refractivity contribution >= 4 is 11.6 Å². The lowest BCUT2D eigenvalue weighted by Crippen LogP contribution is -2.43. The minimum atomic E-state index is -1.00. The van der Waals surface area contributed by atoms with Crippen LogP contribution >= 0.6 is 0 Å². The summed E-state index contributed by atoms with van der Waals surface area (Å²) in [5, 5.41) is 0. The molecule has 0 amide bonds. The van der Waals surface area contributed by atoms with E-state index in [4.69, 9.17) is 9.47 Å². The van der Waals surface area contributed by atoms with Gasteiger partial charge < -0.3 is 9.47 Å². The van der Waals surface area contributed by atoms with Crippen LogP contribution in [0.2, 0.25) is 0 Å². The second-order valence-corrected chi connectivity index (χ2v) is 13.5. The molecule has 2 atom stereocenters.